The van der Waals surface area contributed by atoms with E-state index in [9.17, 15) is 0 Å². The molecule has 19 heavy (non-hydrogen) atoms. The largest absolute Gasteiger partial charge is 0.369 e. The molecule has 0 bridgehead atoms. The topological polar surface area (TPSA) is 49.8 Å². The Hall–Kier alpha value is -0.850. The first-order valence-corrected chi connectivity index (χ1v) is 7.92. The summed E-state index contributed by atoms with van der Waals surface area (Å²) in [6.07, 6.45) is 2.47. The van der Waals surface area contributed by atoms with Crippen LogP contribution in [0.4, 0.5) is 11.6 Å². The molecule has 0 amide bonds. The third-order valence-corrected chi connectivity index (χ3v) is 4.47. The second kappa shape index (κ2) is 7.07. The molecule has 0 fully saturated rings. The molecular weight excluding hydrogens is 348 g/mol. The normalized spacial score (nSPS) is 10.5. The highest BCUT2D eigenvalue weighted by Gasteiger charge is 2.07. The van der Waals surface area contributed by atoms with Crippen molar-refractivity contribution in [2.24, 2.45) is 0 Å². The minimum Gasteiger partial charge on any atom is -0.369 e. The Morgan fingerprint density at radius 2 is 2.00 bits per heavy atom. The van der Waals surface area contributed by atoms with Gasteiger partial charge < -0.3 is 10.6 Å². The molecule has 2 aromatic rings. The van der Waals surface area contributed by atoms with Gasteiger partial charge in [-0.25, -0.2) is 9.97 Å². The van der Waals surface area contributed by atoms with Crippen LogP contribution in [0.2, 0.25) is 4.34 Å². The molecule has 2 rings (SSSR count). The lowest BCUT2D eigenvalue weighted by molar-refractivity contribution is 1.01. The second-order valence-corrected chi connectivity index (χ2v) is 6.39. The van der Waals surface area contributed by atoms with E-state index in [0.717, 1.165) is 40.0 Å². The minimum absolute atomic E-state index is 0.800. The SMILES string of the molecule is CCNc1ncnc(NCCc2ccc(Cl)s2)c1Br. The standard InChI is InChI=1S/C12H14BrClN4S/c1-2-15-11-10(13)12(18-7-17-11)16-6-5-8-3-4-9(14)19-8/h3-4,7H,2,5-6H2,1H3,(H2,15,16,17,18). The number of rotatable bonds is 6. The molecule has 0 aliphatic carbocycles. The molecule has 0 atom stereocenters. The van der Waals surface area contributed by atoms with Gasteiger partial charge in [-0.15, -0.1) is 11.3 Å². The van der Waals surface area contributed by atoms with Crippen molar-refractivity contribution in [3.8, 4) is 0 Å². The first kappa shape index (κ1) is 14.6. The quantitative estimate of drug-likeness (QED) is 0.815. The molecular formula is C12H14BrClN4S. The van der Waals surface area contributed by atoms with Gasteiger partial charge in [-0.3, -0.25) is 0 Å². The van der Waals surface area contributed by atoms with Crippen LogP contribution in [0, 0.1) is 0 Å². The van der Waals surface area contributed by atoms with Gasteiger partial charge in [0.1, 0.15) is 22.4 Å². The van der Waals surface area contributed by atoms with E-state index in [4.69, 9.17) is 11.6 Å². The van der Waals surface area contributed by atoms with E-state index < -0.39 is 0 Å². The van der Waals surface area contributed by atoms with Gasteiger partial charge in [-0.2, -0.15) is 0 Å². The number of hydrogen-bond acceptors (Lipinski definition) is 5. The lowest BCUT2D eigenvalue weighted by Gasteiger charge is -2.10. The van der Waals surface area contributed by atoms with E-state index in [1.807, 2.05) is 19.1 Å². The molecule has 0 radical (unpaired) electrons. The first-order chi connectivity index (χ1) is 9.20. The summed E-state index contributed by atoms with van der Waals surface area (Å²) in [4.78, 5) is 9.66. The molecule has 0 aliphatic heterocycles. The number of anilines is 2. The van der Waals surface area contributed by atoms with E-state index in [2.05, 4.69) is 36.5 Å². The van der Waals surface area contributed by atoms with Crippen molar-refractivity contribution >= 4 is 50.5 Å². The predicted molar refractivity (Wildman–Crippen MR) is 85.4 cm³/mol. The van der Waals surface area contributed by atoms with Crippen LogP contribution in [0.25, 0.3) is 0 Å². The van der Waals surface area contributed by atoms with Crippen molar-refractivity contribution in [3.63, 3.8) is 0 Å². The molecule has 0 aromatic carbocycles. The first-order valence-electron chi connectivity index (χ1n) is 5.93. The van der Waals surface area contributed by atoms with Gasteiger partial charge in [0.05, 0.1) is 4.34 Å². The molecule has 0 saturated heterocycles. The number of thiophene rings is 1. The Kier molecular flexibility index (Phi) is 5.42. The summed E-state index contributed by atoms with van der Waals surface area (Å²) >= 11 is 11.0. The van der Waals surface area contributed by atoms with E-state index >= 15 is 0 Å². The van der Waals surface area contributed by atoms with Crippen molar-refractivity contribution in [3.05, 3.63) is 32.1 Å². The third kappa shape index (κ3) is 4.06. The predicted octanol–water partition coefficient (Wildman–Crippen LogP) is 4.04. The average molecular weight is 362 g/mol. The number of nitrogens with one attached hydrogen (secondary N) is 2. The van der Waals surface area contributed by atoms with Crippen LogP contribution >= 0.6 is 38.9 Å². The lowest BCUT2D eigenvalue weighted by atomic mass is 10.3. The van der Waals surface area contributed by atoms with Crippen LogP contribution in [-0.4, -0.2) is 23.1 Å². The van der Waals surface area contributed by atoms with Gasteiger partial charge in [0.15, 0.2) is 0 Å². The summed E-state index contributed by atoms with van der Waals surface area (Å²) in [5, 5.41) is 6.47. The Bertz CT molecular complexity index is 546. The summed E-state index contributed by atoms with van der Waals surface area (Å²) in [7, 11) is 0. The molecule has 2 aromatic heterocycles. The van der Waals surface area contributed by atoms with Gasteiger partial charge in [0.2, 0.25) is 0 Å². The highest BCUT2D eigenvalue weighted by Crippen LogP contribution is 2.26. The molecule has 0 unspecified atom stereocenters. The maximum atomic E-state index is 5.90. The van der Waals surface area contributed by atoms with Crippen LogP contribution in [0.5, 0.6) is 0 Å². The Morgan fingerprint density at radius 1 is 1.26 bits per heavy atom. The fourth-order valence-corrected chi connectivity index (χ4v) is 3.15. The van der Waals surface area contributed by atoms with Crippen LogP contribution in [0.15, 0.2) is 22.9 Å². The van der Waals surface area contributed by atoms with E-state index in [1.165, 1.54) is 4.88 Å². The molecule has 2 heterocycles. The van der Waals surface area contributed by atoms with Crippen LogP contribution in [0.3, 0.4) is 0 Å². The summed E-state index contributed by atoms with van der Waals surface area (Å²) in [5.74, 6) is 1.60. The Labute approximate surface area is 129 Å². The molecule has 0 saturated carbocycles. The zero-order valence-corrected chi connectivity index (χ0v) is 13.6. The smallest absolute Gasteiger partial charge is 0.145 e. The number of nitrogens with zero attached hydrogens (tertiary/aromatic N) is 2. The fraction of sp³-hybridized carbons (Fsp3) is 0.333. The average Bonchev–Trinajstić information content (AvgIpc) is 2.80. The Balaban J connectivity index is 1.94. The molecule has 7 heteroatoms. The summed E-state index contributed by atoms with van der Waals surface area (Å²) in [6, 6.07) is 3.97. The molecule has 4 nitrogen and oxygen atoms in total. The second-order valence-electron chi connectivity index (χ2n) is 3.80. The van der Waals surface area contributed by atoms with Crippen LogP contribution in [-0.2, 0) is 6.42 Å². The minimum atomic E-state index is 0.800. The zero-order valence-electron chi connectivity index (χ0n) is 10.4. The van der Waals surface area contributed by atoms with E-state index in [-0.39, 0.29) is 0 Å². The van der Waals surface area contributed by atoms with Crippen LogP contribution in [0.1, 0.15) is 11.8 Å². The maximum absolute atomic E-state index is 5.90. The monoisotopic (exact) mass is 360 g/mol. The molecule has 0 aliphatic rings. The third-order valence-electron chi connectivity index (χ3n) is 2.43. The highest BCUT2D eigenvalue weighted by atomic mass is 79.9. The summed E-state index contributed by atoms with van der Waals surface area (Å²) in [6.45, 7) is 3.66. The van der Waals surface area contributed by atoms with E-state index in [1.54, 1.807) is 17.7 Å². The number of halogens is 2. The van der Waals surface area contributed by atoms with Crippen molar-refractivity contribution in [2.45, 2.75) is 13.3 Å². The number of hydrogen-bond donors (Lipinski definition) is 2. The van der Waals surface area contributed by atoms with Gasteiger partial charge in [-0.1, -0.05) is 11.6 Å². The van der Waals surface area contributed by atoms with Crippen molar-refractivity contribution in [1.82, 2.24) is 9.97 Å². The molecule has 102 valence electrons. The highest BCUT2D eigenvalue weighted by molar-refractivity contribution is 9.10. The van der Waals surface area contributed by atoms with Crippen molar-refractivity contribution in [2.75, 3.05) is 23.7 Å². The van der Waals surface area contributed by atoms with Gasteiger partial charge in [0, 0.05) is 18.0 Å². The molecule has 0 spiro atoms. The lowest BCUT2D eigenvalue weighted by Crippen LogP contribution is -2.08. The fourth-order valence-electron chi connectivity index (χ4n) is 1.57. The van der Waals surface area contributed by atoms with E-state index in [0.29, 0.717) is 0 Å². The Morgan fingerprint density at radius 3 is 2.63 bits per heavy atom. The molecule has 2 N–H and O–H groups in total. The van der Waals surface area contributed by atoms with Gasteiger partial charge in [-0.05, 0) is 41.4 Å². The van der Waals surface area contributed by atoms with Gasteiger partial charge >= 0.3 is 0 Å². The zero-order chi connectivity index (χ0) is 13.7. The van der Waals surface area contributed by atoms with Crippen molar-refractivity contribution < 1.29 is 0 Å². The van der Waals surface area contributed by atoms with Crippen LogP contribution < -0.4 is 10.6 Å². The summed E-state index contributed by atoms with van der Waals surface area (Å²) in [5.41, 5.74) is 0. The maximum Gasteiger partial charge on any atom is 0.145 e. The summed E-state index contributed by atoms with van der Waals surface area (Å²) < 4.78 is 1.69. The van der Waals surface area contributed by atoms with Gasteiger partial charge in [0.25, 0.3) is 0 Å². The number of aromatic nitrogens is 2. The van der Waals surface area contributed by atoms with Crippen molar-refractivity contribution in [1.29, 1.82) is 0 Å².